The van der Waals surface area contributed by atoms with Crippen LogP contribution in [0.25, 0.3) is 66.4 Å². The first-order chi connectivity index (χ1) is 36.5. The highest BCUT2D eigenvalue weighted by atomic mass is 15.2. The molecule has 0 radical (unpaired) electrons. The number of anilines is 6. The molecule has 14 rings (SSSR count). The molecular formula is C73H58N2. The molecule has 0 aromatic heterocycles. The van der Waals surface area contributed by atoms with Crippen molar-refractivity contribution >= 4 is 44.9 Å². The fourth-order valence-electron chi connectivity index (χ4n) is 13.3. The second-order valence-electron chi connectivity index (χ2n) is 22.5. The molecule has 3 aliphatic carbocycles. The number of rotatable bonds is 8. The van der Waals surface area contributed by atoms with Crippen molar-refractivity contribution in [2.45, 2.75) is 57.8 Å². The van der Waals surface area contributed by atoms with E-state index in [2.05, 4.69) is 294 Å². The Morgan fingerprint density at radius 1 is 0.253 bits per heavy atom. The van der Waals surface area contributed by atoms with Crippen molar-refractivity contribution in [3.63, 3.8) is 0 Å². The lowest BCUT2D eigenvalue weighted by Gasteiger charge is -2.32. The highest BCUT2D eigenvalue weighted by molar-refractivity contribution is 6.10. The van der Waals surface area contributed by atoms with Crippen LogP contribution in [0, 0.1) is 0 Å². The van der Waals surface area contributed by atoms with Gasteiger partial charge < -0.3 is 9.80 Å². The molecule has 0 fully saturated rings. The lowest BCUT2D eigenvalue weighted by atomic mass is 9.81. The minimum Gasteiger partial charge on any atom is -0.310 e. The van der Waals surface area contributed by atoms with Gasteiger partial charge in [0.05, 0.1) is 5.69 Å². The van der Waals surface area contributed by atoms with Crippen molar-refractivity contribution in [3.05, 3.63) is 276 Å². The van der Waals surface area contributed by atoms with Gasteiger partial charge in [0.25, 0.3) is 0 Å². The Labute approximate surface area is 441 Å². The van der Waals surface area contributed by atoms with Crippen LogP contribution in [0.5, 0.6) is 0 Å². The molecule has 0 aliphatic heterocycles. The monoisotopic (exact) mass is 962 g/mol. The van der Waals surface area contributed by atoms with Crippen LogP contribution in [0.1, 0.15) is 74.9 Å². The molecular weight excluding hydrogens is 905 g/mol. The quantitative estimate of drug-likeness (QED) is 0.150. The van der Waals surface area contributed by atoms with Crippen LogP contribution in [0.15, 0.2) is 243 Å². The van der Waals surface area contributed by atoms with Crippen molar-refractivity contribution < 1.29 is 0 Å². The average Bonchev–Trinajstić information content (AvgIpc) is 4.10. The summed E-state index contributed by atoms with van der Waals surface area (Å²) in [5.74, 6) is 0. The van der Waals surface area contributed by atoms with Gasteiger partial charge in [0.2, 0.25) is 0 Å². The molecule has 360 valence electrons. The van der Waals surface area contributed by atoms with Gasteiger partial charge in [-0.15, -0.1) is 0 Å². The minimum atomic E-state index is -0.339. The summed E-state index contributed by atoms with van der Waals surface area (Å²) in [6.45, 7) is 14.4. The van der Waals surface area contributed by atoms with Crippen molar-refractivity contribution in [1.82, 2.24) is 0 Å². The van der Waals surface area contributed by atoms with Gasteiger partial charge in [-0.25, -0.2) is 0 Å². The maximum atomic E-state index is 2.57. The summed E-state index contributed by atoms with van der Waals surface area (Å²) in [6.07, 6.45) is 0. The van der Waals surface area contributed by atoms with Crippen LogP contribution >= 0.6 is 0 Å². The molecule has 0 unspecified atom stereocenters. The Morgan fingerprint density at radius 2 is 0.613 bits per heavy atom. The van der Waals surface area contributed by atoms with E-state index in [0.29, 0.717) is 0 Å². The third kappa shape index (κ3) is 6.85. The van der Waals surface area contributed by atoms with Gasteiger partial charge in [-0.3, -0.25) is 0 Å². The predicted octanol–water partition coefficient (Wildman–Crippen LogP) is 20.0. The first-order valence-corrected chi connectivity index (χ1v) is 26.6. The normalized spacial score (nSPS) is 14.6. The van der Waals surface area contributed by atoms with E-state index in [4.69, 9.17) is 0 Å². The van der Waals surface area contributed by atoms with Crippen molar-refractivity contribution in [3.8, 4) is 55.6 Å². The van der Waals surface area contributed by atoms with Crippen LogP contribution in [0.4, 0.5) is 34.1 Å². The zero-order chi connectivity index (χ0) is 50.8. The Hall–Kier alpha value is -8.72. The van der Waals surface area contributed by atoms with E-state index in [1.54, 1.807) is 0 Å². The van der Waals surface area contributed by atoms with Crippen molar-refractivity contribution in [2.24, 2.45) is 0 Å². The molecule has 0 bridgehead atoms. The van der Waals surface area contributed by atoms with E-state index in [0.717, 1.165) is 28.4 Å². The zero-order valence-electron chi connectivity index (χ0n) is 43.5. The molecule has 3 aliphatic rings. The third-order valence-electron chi connectivity index (χ3n) is 17.2. The van der Waals surface area contributed by atoms with Crippen LogP contribution in [-0.2, 0) is 16.2 Å². The van der Waals surface area contributed by atoms with Gasteiger partial charge in [0.1, 0.15) is 0 Å². The first kappa shape index (κ1) is 44.9. The lowest BCUT2D eigenvalue weighted by molar-refractivity contribution is 0.660. The summed E-state index contributed by atoms with van der Waals surface area (Å²) in [4.78, 5) is 5.05. The van der Waals surface area contributed by atoms with Gasteiger partial charge in [-0.2, -0.15) is 0 Å². The standard InChI is InChI=1S/C73H58N2/c1-71(2)63-27-17-15-25-58(63)60-40-37-54(44-65(60)71)74(52-33-29-49(30-34-52)47-19-9-7-10-20-47)55-39-42-62-67(45-55)73(5,6)68-43-51-23-13-14-24-57(51)70(69(62)68)75(53-35-31-50(32-36-53)48-21-11-8-12-22-48)56-38-41-61-59-26-16-18-28-64(59)72(3,4)66(61)46-56/h7-46H,1-6H3. The van der Waals surface area contributed by atoms with Crippen LogP contribution < -0.4 is 9.80 Å². The van der Waals surface area contributed by atoms with Gasteiger partial charge in [-0.1, -0.05) is 217 Å². The summed E-state index contributed by atoms with van der Waals surface area (Å²) < 4.78 is 0. The van der Waals surface area contributed by atoms with Crippen molar-refractivity contribution in [1.29, 1.82) is 0 Å². The fourth-order valence-corrected chi connectivity index (χ4v) is 13.3. The highest BCUT2D eigenvalue weighted by Crippen LogP contribution is 2.59. The second kappa shape index (κ2) is 16.6. The fraction of sp³-hybridized carbons (Fsp3) is 0.123. The summed E-state index contributed by atoms with van der Waals surface area (Å²) in [6, 6.07) is 90.9. The largest absolute Gasteiger partial charge is 0.310 e. The Bertz CT molecular complexity index is 4070. The number of nitrogens with zero attached hydrogens (tertiary/aromatic N) is 2. The van der Waals surface area contributed by atoms with Crippen LogP contribution in [0.2, 0.25) is 0 Å². The van der Waals surface area contributed by atoms with Crippen LogP contribution in [0.3, 0.4) is 0 Å². The minimum absolute atomic E-state index is 0.142. The zero-order valence-corrected chi connectivity index (χ0v) is 43.5. The molecule has 0 amide bonds. The summed E-state index contributed by atoms with van der Waals surface area (Å²) >= 11 is 0. The van der Waals surface area contributed by atoms with Gasteiger partial charge in [0, 0.05) is 55.6 Å². The molecule has 75 heavy (non-hydrogen) atoms. The highest BCUT2D eigenvalue weighted by Gasteiger charge is 2.42. The summed E-state index contributed by atoms with van der Waals surface area (Å²) in [5.41, 5.74) is 27.0. The molecule has 2 nitrogen and oxygen atoms in total. The molecule has 0 saturated carbocycles. The summed E-state index contributed by atoms with van der Waals surface area (Å²) in [5, 5.41) is 2.45. The topological polar surface area (TPSA) is 6.48 Å². The molecule has 2 heteroatoms. The van der Waals surface area contributed by atoms with Crippen LogP contribution in [-0.4, -0.2) is 0 Å². The average molecular weight is 963 g/mol. The maximum Gasteiger partial charge on any atom is 0.0621 e. The van der Waals surface area contributed by atoms with E-state index < -0.39 is 0 Å². The molecule has 11 aromatic rings. The van der Waals surface area contributed by atoms with E-state index in [1.165, 1.54) is 105 Å². The van der Waals surface area contributed by atoms with E-state index in [-0.39, 0.29) is 16.2 Å². The second-order valence-corrected chi connectivity index (χ2v) is 22.5. The third-order valence-corrected chi connectivity index (χ3v) is 17.2. The van der Waals surface area contributed by atoms with Gasteiger partial charge in [-0.05, 0) is 156 Å². The molecule has 0 saturated heterocycles. The maximum absolute atomic E-state index is 2.57. The van der Waals surface area contributed by atoms with E-state index in [9.17, 15) is 0 Å². The molecule has 11 aromatic carbocycles. The number of fused-ring (bicyclic) bond motifs is 10. The Balaban J connectivity index is 0.973. The smallest absolute Gasteiger partial charge is 0.0621 e. The number of hydrogen-bond acceptors (Lipinski definition) is 2. The molecule has 0 heterocycles. The van der Waals surface area contributed by atoms with Gasteiger partial charge in [0.15, 0.2) is 0 Å². The number of hydrogen-bond donors (Lipinski definition) is 0. The van der Waals surface area contributed by atoms with E-state index in [1.807, 2.05) is 0 Å². The number of benzene rings is 11. The van der Waals surface area contributed by atoms with Crippen molar-refractivity contribution in [2.75, 3.05) is 9.80 Å². The Morgan fingerprint density at radius 3 is 1.13 bits per heavy atom. The predicted molar refractivity (Wildman–Crippen MR) is 317 cm³/mol. The molecule has 0 spiro atoms. The van der Waals surface area contributed by atoms with E-state index >= 15 is 0 Å². The lowest BCUT2D eigenvalue weighted by Crippen LogP contribution is -2.18. The molecule has 0 atom stereocenters. The summed E-state index contributed by atoms with van der Waals surface area (Å²) in [7, 11) is 0. The Kier molecular flexibility index (Phi) is 9.98. The first-order valence-electron chi connectivity index (χ1n) is 26.6. The molecule has 0 N–H and O–H groups in total. The SMILES string of the molecule is CC1(C)c2ccccc2-c2ccc(N(c3ccc(-c4ccccc4)cc3)c3ccc4c(c3)C(C)(C)c3cc5ccccc5c(N(c5ccc(-c6ccccc6)cc5)c5ccc6c(c5)C(C)(C)c5ccccc5-6)c3-4)cc21. The van der Waals surface area contributed by atoms with Gasteiger partial charge >= 0.3 is 0 Å².